The van der Waals surface area contributed by atoms with Gasteiger partial charge in [0.25, 0.3) is 0 Å². The second-order valence-corrected chi connectivity index (χ2v) is 5.99. The van der Waals surface area contributed by atoms with Crippen LogP contribution in [-0.2, 0) is 0 Å². The number of aromatic nitrogens is 1. The van der Waals surface area contributed by atoms with Crippen molar-refractivity contribution < 1.29 is 0 Å². The standard InChI is InChI=1S/C13H21N3S/c1-11-4-3-5-12(15-11)16-8-6-13(10-14,17-2)7-9-16/h3-5H,6-10,14H2,1-2H3. The molecule has 3 nitrogen and oxygen atoms in total. The maximum absolute atomic E-state index is 5.90. The summed E-state index contributed by atoms with van der Waals surface area (Å²) >= 11 is 1.92. The fourth-order valence-electron chi connectivity index (χ4n) is 2.34. The topological polar surface area (TPSA) is 42.1 Å². The Morgan fingerprint density at radius 3 is 2.65 bits per heavy atom. The molecule has 1 fully saturated rings. The van der Waals surface area contributed by atoms with Gasteiger partial charge in [0.2, 0.25) is 0 Å². The summed E-state index contributed by atoms with van der Waals surface area (Å²) in [4.78, 5) is 6.96. The molecule has 1 aromatic heterocycles. The molecule has 0 saturated carbocycles. The van der Waals surface area contributed by atoms with Crippen molar-refractivity contribution in [3.63, 3.8) is 0 Å². The molecular weight excluding hydrogens is 230 g/mol. The lowest BCUT2D eigenvalue weighted by Gasteiger charge is -2.40. The third kappa shape index (κ3) is 2.75. The van der Waals surface area contributed by atoms with Crippen LogP contribution < -0.4 is 10.6 Å². The predicted molar refractivity (Wildman–Crippen MR) is 75.7 cm³/mol. The van der Waals surface area contributed by atoms with Crippen LogP contribution in [0.25, 0.3) is 0 Å². The minimum absolute atomic E-state index is 0.292. The molecule has 2 N–H and O–H groups in total. The van der Waals surface area contributed by atoms with Crippen LogP contribution in [0.15, 0.2) is 18.2 Å². The van der Waals surface area contributed by atoms with E-state index in [0.29, 0.717) is 4.75 Å². The monoisotopic (exact) mass is 251 g/mol. The van der Waals surface area contributed by atoms with Gasteiger partial charge in [-0.15, -0.1) is 0 Å². The van der Waals surface area contributed by atoms with Gasteiger partial charge < -0.3 is 10.6 Å². The lowest BCUT2D eigenvalue weighted by Crippen LogP contribution is -2.46. The number of thioether (sulfide) groups is 1. The number of piperidine rings is 1. The van der Waals surface area contributed by atoms with Crippen molar-refractivity contribution in [1.29, 1.82) is 0 Å². The maximum Gasteiger partial charge on any atom is 0.128 e. The van der Waals surface area contributed by atoms with E-state index < -0.39 is 0 Å². The fraction of sp³-hybridized carbons (Fsp3) is 0.615. The highest BCUT2D eigenvalue weighted by molar-refractivity contribution is 8.00. The number of hydrogen-bond donors (Lipinski definition) is 1. The number of pyridine rings is 1. The normalized spacial score (nSPS) is 19.4. The molecule has 0 spiro atoms. The lowest BCUT2D eigenvalue weighted by atomic mass is 9.96. The van der Waals surface area contributed by atoms with Crippen molar-refractivity contribution >= 4 is 17.6 Å². The highest BCUT2D eigenvalue weighted by atomic mass is 32.2. The van der Waals surface area contributed by atoms with Gasteiger partial charge in [-0.3, -0.25) is 0 Å². The van der Waals surface area contributed by atoms with Gasteiger partial charge >= 0.3 is 0 Å². The summed E-state index contributed by atoms with van der Waals surface area (Å²) in [6, 6.07) is 6.22. The van der Waals surface area contributed by atoms with E-state index in [4.69, 9.17) is 5.73 Å². The molecule has 4 heteroatoms. The first-order chi connectivity index (χ1) is 8.19. The summed E-state index contributed by atoms with van der Waals surface area (Å²) in [5.74, 6) is 1.11. The zero-order chi connectivity index (χ0) is 12.3. The summed E-state index contributed by atoms with van der Waals surface area (Å²) in [6.45, 7) is 4.95. The Balaban J connectivity index is 2.04. The summed E-state index contributed by atoms with van der Waals surface area (Å²) in [7, 11) is 0. The van der Waals surface area contributed by atoms with E-state index in [1.165, 1.54) is 0 Å². The molecule has 1 saturated heterocycles. The molecule has 2 rings (SSSR count). The van der Waals surface area contributed by atoms with Crippen LogP contribution in [0, 0.1) is 6.92 Å². The average Bonchev–Trinajstić information content (AvgIpc) is 2.39. The first kappa shape index (κ1) is 12.7. The van der Waals surface area contributed by atoms with Crippen LogP contribution in [0.4, 0.5) is 5.82 Å². The van der Waals surface area contributed by atoms with Gasteiger partial charge in [0.1, 0.15) is 5.82 Å². The second kappa shape index (κ2) is 5.27. The molecule has 1 aliphatic heterocycles. The predicted octanol–water partition coefficient (Wildman–Crippen LogP) is 2.05. The molecule has 2 heterocycles. The lowest BCUT2D eigenvalue weighted by molar-refractivity contribution is 0.455. The Morgan fingerprint density at radius 2 is 2.12 bits per heavy atom. The average molecular weight is 251 g/mol. The molecule has 1 aliphatic rings. The van der Waals surface area contributed by atoms with Gasteiger partial charge in [0.05, 0.1) is 0 Å². The number of aryl methyl sites for hydroxylation is 1. The Kier molecular flexibility index (Phi) is 3.94. The number of anilines is 1. The highest BCUT2D eigenvalue weighted by Gasteiger charge is 2.32. The molecule has 94 valence electrons. The van der Waals surface area contributed by atoms with Gasteiger partial charge in [0.15, 0.2) is 0 Å². The van der Waals surface area contributed by atoms with Crippen LogP contribution >= 0.6 is 11.8 Å². The third-order valence-corrected chi connectivity index (χ3v) is 5.12. The first-order valence-corrected chi connectivity index (χ1v) is 7.35. The van der Waals surface area contributed by atoms with E-state index in [-0.39, 0.29) is 0 Å². The van der Waals surface area contributed by atoms with Gasteiger partial charge in [-0.25, -0.2) is 4.98 Å². The third-order valence-electron chi connectivity index (χ3n) is 3.68. The van der Waals surface area contributed by atoms with E-state index in [0.717, 1.165) is 44.0 Å². The van der Waals surface area contributed by atoms with Crippen molar-refractivity contribution in [2.45, 2.75) is 24.5 Å². The number of nitrogens with two attached hydrogens (primary N) is 1. The molecule has 17 heavy (non-hydrogen) atoms. The minimum atomic E-state index is 0.292. The number of nitrogens with zero attached hydrogens (tertiary/aromatic N) is 2. The summed E-state index contributed by atoms with van der Waals surface area (Å²) in [5.41, 5.74) is 6.99. The number of rotatable bonds is 3. The van der Waals surface area contributed by atoms with E-state index in [9.17, 15) is 0 Å². The van der Waals surface area contributed by atoms with Gasteiger partial charge in [-0.05, 0) is 38.2 Å². The zero-order valence-corrected chi connectivity index (χ0v) is 11.5. The van der Waals surface area contributed by atoms with Crippen LogP contribution in [-0.4, -0.2) is 35.6 Å². The Labute approximate surface area is 108 Å². The summed E-state index contributed by atoms with van der Waals surface area (Å²) in [6.07, 6.45) is 4.48. The molecule has 1 aromatic rings. The first-order valence-electron chi connectivity index (χ1n) is 6.13. The molecule has 0 bridgehead atoms. The SMILES string of the molecule is CSC1(CN)CCN(c2cccc(C)n2)CC1. The van der Waals surface area contributed by atoms with E-state index in [1.54, 1.807) is 0 Å². The zero-order valence-electron chi connectivity index (χ0n) is 10.6. The quantitative estimate of drug-likeness (QED) is 0.893. The van der Waals surface area contributed by atoms with E-state index >= 15 is 0 Å². The molecule has 0 amide bonds. The molecule has 0 aromatic carbocycles. The van der Waals surface area contributed by atoms with E-state index in [2.05, 4.69) is 28.3 Å². The maximum atomic E-state index is 5.90. The molecule has 0 atom stereocenters. The summed E-state index contributed by atoms with van der Waals surface area (Å²) < 4.78 is 0.292. The largest absolute Gasteiger partial charge is 0.357 e. The molecule has 0 unspecified atom stereocenters. The highest BCUT2D eigenvalue weighted by Crippen LogP contribution is 2.34. The Morgan fingerprint density at radius 1 is 1.41 bits per heavy atom. The Bertz CT molecular complexity index is 367. The van der Waals surface area contributed by atoms with E-state index in [1.807, 2.05) is 24.8 Å². The molecule has 0 radical (unpaired) electrons. The van der Waals surface area contributed by atoms with Crippen LogP contribution in [0.2, 0.25) is 0 Å². The van der Waals surface area contributed by atoms with Crippen LogP contribution in [0.5, 0.6) is 0 Å². The van der Waals surface area contributed by atoms with Crippen molar-refractivity contribution in [1.82, 2.24) is 4.98 Å². The fourth-order valence-corrected chi connectivity index (χ4v) is 3.10. The smallest absolute Gasteiger partial charge is 0.128 e. The van der Waals surface area contributed by atoms with Crippen LogP contribution in [0.1, 0.15) is 18.5 Å². The molecule has 0 aliphatic carbocycles. The van der Waals surface area contributed by atoms with Crippen molar-refractivity contribution in [3.05, 3.63) is 23.9 Å². The molecular formula is C13H21N3S. The van der Waals surface area contributed by atoms with Crippen molar-refractivity contribution in [2.24, 2.45) is 5.73 Å². The Hall–Kier alpha value is -0.740. The van der Waals surface area contributed by atoms with Gasteiger partial charge in [-0.1, -0.05) is 6.07 Å². The van der Waals surface area contributed by atoms with Gasteiger partial charge in [0, 0.05) is 30.1 Å². The van der Waals surface area contributed by atoms with Crippen molar-refractivity contribution in [3.8, 4) is 0 Å². The minimum Gasteiger partial charge on any atom is -0.357 e. The summed E-state index contributed by atoms with van der Waals surface area (Å²) in [5, 5.41) is 0. The number of hydrogen-bond acceptors (Lipinski definition) is 4. The van der Waals surface area contributed by atoms with Crippen LogP contribution in [0.3, 0.4) is 0 Å². The second-order valence-electron chi connectivity index (χ2n) is 4.72. The van der Waals surface area contributed by atoms with Gasteiger partial charge in [-0.2, -0.15) is 11.8 Å². The van der Waals surface area contributed by atoms with Crippen molar-refractivity contribution in [2.75, 3.05) is 30.8 Å².